The van der Waals surface area contributed by atoms with Gasteiger partial charge in [-0.25, -0.2) is 0 Å². The number of aryl methyl sites for hydroxylation is 1. The molecule has 2 aromatic carbocycles. The van der Waals surface area contributed by atoms with Gasteiger partial charge in [0, 0.05) is 10.6 Å². The lowest BCUT2D eigenvalue weighted by molar-refractivity contribution is 0.682. The molecule has 88 valence electrons. The average molecular weight is 245 g/mol. The normalized spacial score (nSPS) is 12.3. The van der Waals surface area contributed by atoms with E-state index in [9.17, 15) is 4.21 Å². The van der Waals surface area contributed by atoms with Crippen LogP contribution >= 0.6 is 0 Å². The van der Waals surface area contributed by atoms with Crippen molar-refractivity contribution < 1.29 is 4.21 Å². The molecule has 0 radical (unpaired) electrons. The maximum atomic E-state index is 12.2. The van der Waals surface area contributed by atoms with Gasteiger partial charge in [-0.15, -0.1) is 0 Å². The minimum Gasteiger partial charge on any atom is -0.398 e. The summed E-state index contributed by atoms with van der Waals surface area (Å²) in [5, 5.41) is 0. The average Bonchev–Trinajstić information content (AvgIpc) is 2.32. The maximum absolute atomic E-state index is 12.2. The van der Waals surface area contributed by atoms with Crippen LogP contribution in [0, 0.1) is 6.92 Å². The first-order valence-corrected chi connectivity index (χ1v) is 6.78. The zero-order valence-electron chi connectivity index (χ0n) is 9.72. The summed E-state index contributed by atoms with van der Waals surface area (Å²) in [5.74, 6) is 0.470. The highest BCUT2D eigenvalue weighted by Crippen LogP contribution is 2.19. The van der Waals surface area contributed by atoms with Crippen molar-refractivity contribution in [2.24, 2.45) is 0 Å². The SMILES string of the molecule is Cc1ccccc1S(=O)Cc1ccccc1N. The molecule has 2 aromatic rings. The Morgan fingerprint density at radius 2 is 1.71 bits per heavy atom. The molecule has 0 spiro atoms. The molecule has 2 N–H and O–H groups in total. The van der Waals surface area contributed by atoms with E-state index in [1.165, 1.54) is 0 Å². The standard InChI is InChI=1S/C14H15NOS/c1-11-6-2-5-9-14(11)17(16)10-12-7-3-4-8-13(12)15/h2-9H,10,15H2,1H3. The van der Waals surface area contributed by atoms with Gasteiger partial charge in [0.2, 0.25) is 0 Å². The van der Waals surface area contributed by atoms with E-state index in [0.29, 0.717) is 11.4 Å². The summed E-state index contributed by atoms with van der Waals surface area (Å²) in [6.45, 7) is 1.97. The van der Waals surface area contributed by atoms with Gasteiger partial charge in [-0.1, -0.05) is 36.4 Å². The van der Waals surface area contributed by atoms with Gasteiger partial charge in [-0.3, -0.25) is 4.21 Å². The van der Waals surface area contributed by atoms with Gasteiger partial charge in [0.15, 0.2) is 0 Å². The first-order valence-electron chi connectivity index (χ1n) is 5.46. The van der Waals surface area contributed by atoms with Crippen molar-refractivity contribution in [1.82, 2.24) is 0 Å². The Balaban J connectivity index is 2.24. The number of anilines is 1. The number of benzene rings is 2. The van der Waals surface area contributed by atoms with Crippen molar-refractivity contribution in [3.8, 4) is 0 Å². The van der Waals surface area contributed by atoms with Crippen molar-refractivity contribution in [2.45, 2.75) is 17.6 Å². The third kappa shape index (κ3) is 2.74. The van der Waals surface area contributed by atoms with Gasteiger partial charge in [0.05, 0.1) is 16.6 Å². The zero-order valence-corrected chi connectivity index (χ0v) is 10.5. The van der Waals surface area contributed by atoms with Gasteiger partial charge in [0.1, 0.15) is 0 Å². The van der Waals surface area contributed by atoms with Gasteiger partial charge in [0.25, 0.3) is 0 Å². The van der Waals surface area contributed by atoms with E-state index < -0.39 is 10.8 Å². The fourth-order valence-electron chi connectivity index (χ4n) is 1.70. The first kappa shape index (κ1) is 11.9. The van der Waals surface area contributed by atoms with E-state index in [-0.39, 0.29) is 0 Å². The molecule has 2 rings (SSSR count). The summed E-state index contributed by atoms with van der Waals surface area (Å²) < 4.78 is 12.2. The highest BCUT2D eigenvalue weighted by Gasteiger charge is 2.08. The van der Waals surface area contributed by atoms with Crippen molar-refractivity contribution in [1.29, 1.82) is 0 Å². The van der Waals surface area contributed by atoms with Crippen molar-refractivity contribution >= 4 is 16.5 Å². The van der Waals surface area contributed by atoms with E-state index in [1.54, 1.807) is 0 Å². The highest BCUT2D eigenvalue weighted by molar-refractivity contribution is 7.84. The topological polar surface area (TPSA) is 43.1 Å². The fourth-order valence-corrected chi connectivity index (χ4v) is 3.05. The molecular formula is C14H15NOS. The van der Waals surface area contributed by atoms with E-state index in [2.05, 4.69) is 0 Å². The molecule has 0 saturated carbocycles. The lowest BCUT2D eigenvalue weighted by Gasteiger charge is -2.07. The third-order valence-electron chi connectivity index (χ3n) is 2.68. The summed E-state index contributed by atoms with van der Waals surface area (Å²) in [5.41, 5.74) is 8.55. The van der Waals surface area contributed by atoms with E-state index in [0.717, 1.165) is 16.0 Å². The Kier molecular flexibility index (Phi) is 3.59. The molecule has 2 nitrogen and oxygen atoms in total. The van der Waals surface area contributed by atoms with Crippen LogP contribution in [0.15, 0.2) is 53.4 Å². The summed E-state index contributed by atoms with van der Waals surface area (Å²) in [4.78, 5) is 0.885. The van der Waals surface area contributed by atoms with E-state index in [4.69, 9.17) is 5.73 Å². The van der Waals surface area contributed by atoms with Crippen LogP contribution in [0.25, 0.3) is 0 Å². The molecule has 0 aliphatic heterocycles. The molecule has 0 aliphatic rings. The number of hydrogen-bond donors (Lipinski definition) is 1. The Hall–Kier alpha value is -1.61. The molecule has 0 aliphatic carbocycles. The van der Waals surface area contributed by atoms with Crippen LogP contribution in [0.5, 0.6) is 0 Å². The van der Waals surface area contributed by atoms with Crippen LogP contribution in [-0.4, -0.2) is 4.21 Å². The molecule has 0 saturated heterocycles. The highest BCUT2D eigenvalue weighted by atomic mass is 32.2. The Morgan fingerprint density at radius 1 is 1.06 bits per heavy atom. The maximum Gasteiger partial charge on any atom is 0.0577 e. The first-order chi connectivity index (χ1) is 8.18. The predicted octanol–water partition coefficient (Wildman–Crippen LogP) is 2.89. The van der Waals surface area contributed by atoms with Crippen molar-refractivity contribution in [3.05, 3.63) is 59.7 Å². The predicted molar refractivity (Wildman–Crippen MR) is 72.1 cm³/mol. The Morgan fingerprint density at radius 3 is 2.41 bits per heavy atom. The van der Waals surface area contributed by atoms with Crippen LogP contribution in [0.4, 0.5) is 5.69 Å². The number of hydrogen-bond acceptors (Lipinski definition) is 2. The second kappa shape index (κ2) is 5.15. The minimum atomic E-state index is -1.04. The minimum absolute atomic E-state index is 0.470. The molecular weight excluding hydrogens is 230 g/mol. The smallest absolute Gasteiger partial charge is 0.0577 e. The molecule has 1 atom stereocenters. The molecule has 1 unspecified atom stereocenters. The number of nitrogens with two attached hydrogens (primary N) is 1. The molecule has 0 amide bonds. The fraction of sp³-hybridized carbons (Fsp3) is 0.143. The van der Waals surface area contributed by atoms with Crippen LogP contribution in [-0.2, 0) is 16.6 Å². The number of nitrogen functional groups attached to an aromatic ring is 1. The van der Waals surface area contributed by atoms with Crippen LogP contribution in [0.3, 0.4) is 0 Å². The second-order valence-corrected chi connectivity index (χ2v) is 5.37. The molecule has 0 aromatic heterocycles. The lowest BCUT2D eigenvalue weighted by atomic mass is 10.2. The monoisotopic (exact) mass is 245 g/mol. The van der Waals surface area contributed by atoms with Gasteiger partial charge in [-0.05, 0) is 30.2 Å². The molecule has 0 fully saturated rings. The molecule has 17 heavy (non-hydrogen) atoms. The summed E-state index contributed by atoms with van der Waals surface area (Å²) in [7, 11) is -1.04. The number of para-hydroxylation sites is 1. The second-order valence-electron chi connectivity index (χ2n) is 3.95. The van der Waals surface area contributed by atoms with Gasteiger partial charge in [-0.2, -0.15) is 0 Å². The van der Waals surface area contributed by atoms with Crippen molar-refractivity contribution in [3.63, 3.8) is 0 Å². The van der Waals surface area contributed by atoms with E-state index in [1.807, 2.05) is 55.5 Å². The quantitative estimate of drug-likeness (QED) is 0.845. The summed E-state index contributed by atoms with van der Waals surface area (Å²) in [6.07, 6.45) is 0. The Labute approximate surface area is 104 Å². The van der Waals surface area contributed by atoms with Crippen molar-refractivity contribution in [2.75, 3.05) is 5.73 Å². The summed E-state index contributed by atoms with van der Waals surface area (Å²) >= 11 is 0. The number of rotatable bonds is 3. The van der Waals surface area contributed by atoms with E-state index >= 15 is 0 Å². The zero-order chi connectivity index (χ0) is 12.3. The van der Waals surface area contributed by atoms with Gasteiger partial charge < -0.3 is 5.73 Å². The Bertz CT molecular complexity index is 551. The molecule has 0 heterocycles. The largest absolute Gasteiger partial charge is 0.398 e. The van der Waals surface area contributed by atoms with Gasteiger partial charge >= 0.3 is 0 Å². The van der Waals surface area contributed by atoms with Crippen LogP contribution in [0.2, 0.25) is 0 Å². The molecule has 0 bridgehead atoms. The molecule has 3 heteroatoms. The third-order valence-corrected chi connectivity index (χ3v) is 4.20. The van der Waals surface area contributed by atoms with Crippen LogP contribution in [0.1, 0.15) is 11.1 Å². The lowest BCUT2D eigenvalue weighted by Crippen LogP contribution is -2.01. The summed E-state index contributed by atoms with van der Waals surface area (Å²) in [6, 6.07) is 15.3. The van der Waals surface area contributed by atoms with Crippen LogP contribution < -0.4 is 5.73 Å².